The third-order valence-corrected chi connectivity index (χ3v) is 2.73. The molecule has 0 unspecified atom stereocenters. The molecule has 1 aliphatic heterocycles. The molecule has 2 rings (SSSR count). The molecule has 2 heterocycles. The van der Waals surface area contributed by atoms with Gasteiger partial charge < -0.3 is 9.72 Å². The lowest BCUT2D eigenvalue weighted by molar-refractivity contribution is 0.0605. The largest absolute Gasteiger partial charge is 0.381 e. The van der Waals surface area contributed by atoms with Gasteiger partial charge in [-0.25, -0.2) is 4.79 Å². The predicted molar refractivity (Wildman–Crippen MR) is 54.9 cm³/mol. The molecule has 15 heavy (non-hydrogen) atoms. The van der Waals surface area contributed by atoms with Gasteiger partial charge in [0.25, 0.3) is 5.56 Å². The van der Waals surface area contributed by atoms with Crippen molar-refractivity contribution in [2.45, 2.75) is 19.4 Å². The van der Waals surface area contributed by atoms with E-state index in [1.807, 2.05) is 0 Å². The van der Waals surface area contributed by atoms with E-state index < -0.39 is 0 Å². The Morgan fingerprint density at radius 1 is 1.40 bits per heavy atom. The standard InChI is InChI=1S/C10H14N2O3/c13-9-1-4-11-10(14)12(9)7-8-2-5-15-6-3-8/h1,4,8H,2-3,5-7H2,(H,11,14). The van der Waals surface area contributed by atoms with Crippen molar-refractivity contribution in [3.63, 3.8) is 0 Å². The number of hydrogen-bond donors (Lipinski definition) is 1. The van der Waals surface area contributed by atoms with Gasteiger partial charge in [0, 0.05) is 32.0 Å². The molecule has 1 aromatic rings. The van der Waals surface area contributed by atoms with Gasteiger partial charge in [0.05, 0.1) is 0 Å². The Kier molecular flexibility index (Phi) is 3.01. The van der Waals surface area contributed by atoms with Crippen molar-refractivity contribution in [1.29, 1.82) is 0 Å². The number of aromatic amines is 1. The van der Waals surface area contributed by atoms with Crippen LogP contribution >= 0.6 is 0 Å². The lowest BCUT2D eigenvalue weighted by Crippen LogP contribution is -2.37. The zero-order valence-electron chi connectivity index (χ0n) is 8.44. The molecule has 0 aliphatic carbocycles. The van der Waals surface area contributed by atoms with Crippen molar-refractivity contribution in [3.8, 4) is 0 Å². The molecule has 1 aliphatic rings. The molecular formula is C10H14N2O3. The molecule has 1 aromatic heterocycles. The van der Waals surface area contributed by atoms with E-state index in [4.69, 9.17) is 4.74 Å². The van der Waals surface area contributed by atoms with Crippen molar-refractivity contribution >= 4 is 0 Å². The van der Waals surface area contributed by atoms with Crippen LogP contribution < -0.4 is 11.2 Å². The van der Waals surface area contributed by atoms with Gasteiger partial charge in [0.15, 0.2) is 0 Å². The van der Waals surface area contributed by atoms with E-state index in [0.717, 1.165) is 26.1 Å². The summed E-state index contributed by atoms with van der Waals surface area (Å²) in [7, 11) is 0. The van der Waals surface area contributed by atoms with Gasteiger partial charge in [-0.2, -0.15) is 0 Å². The second-order valence-electron chi connectivity index (χ2n) is 3.79. The summed E-state index contributed by atoms with van der Waals surface area (Å²) in [4.78, 5) is 25.3. The Hall–Kier alpha value is -1.36. The molecule has 1 fully saturated rings. The second-order valence-corrected chi connectivity index (χ2v) is 3.79. The van der Waals surface area contributed by atoms with E-state index in [-0.39, 0.29) is 11.2 Å². The number of nitrogens with zero attached hydrogens (tertiary/aromatic N) is 1. The fourth-order valence-corrected chi connectivity index (χ4v) is 1.81. The van der Waals surface area contributed by atoms with Crippen LogP contribution in [-0.2, 0) is 11.3 Å². The quantitative estimate of drug-likeness (QED) is 0.745. The number of hydrogen-bond acceptors (Lipinski definition) is 3. The number of ether oxygens (including phenoxy) is 1. The van der Waals surface area contributed by atoms with E-state index in [2.05, 4.69) is 4.98 Å². The fourth-order valence-electron chi connectivity index (χ4n) is 1.81. The van der Waals surface area contributed by atoms with Crippen LogP contribution in [0.5, 0.6) is 0 Å². The topological polar surface area (TPSA) is 64.1 Å². The van der Waals surface area contributed by atoms with Crippen molar-refractivity contribution in [2.75, 3.05) is 13.2 Å². The van der Waals surface area contributed by atoms with Gasteiger partial charge in [-0.15, -0.1) is 0 Å². The van der Waals surface area contributed by atoms with Crippen molar-refractivity contribution in [1.82, 2.24) is 9.55 Å². The minimum atomic E-state index is -0.325. The average Bonchev–Trinajstić information content (AvgIpc) is 2.25. The molecule has 1 N–H and O–H groups in total. The molecule has 0 bridgehead atoms. The first-order valence-corrected chi connectivity index (χ1v) is 5.13. The molecule has 0 spiro atoms. The number of nitrogens with one attached hydrogen (secondary N) is 1. The summed E-state index contributed by atoms with van der Waals surface area (Å²) in [6, 6.07) is 1.38. The molecular weight excluding hydrogens is 196 g/mol. The number of rotatable bonds is 2. The Morgan fingerprint density at radius 2 is 2.13 bits per heavy atom. The molecule has 0 saturated carbocycles. The summed E-state index contributed by atoms with van der Waals surface area (Å²) in [5.41, 5.74) is -0.556. The summed E-state index contributed by atoms with van der Waals surface area (Å²) in [5, 5.41) is 0. The third kappa shape index (κ3) is 2.36. The van der Waals surface area contributed by atoms with Crippen LogP contribution in [0.15, 0.2) is 21.9 Å². The lowest BCUT2D eigenvalue weighted by atomic mass is 10.0. The maximum atomic E-state index is 11.4. The van der Waals surface area contributed by atoms with Gasteiger partial charge >= 0.3 is 5.69 Å². The molecule has 0 radical (unpaired) electrons. The molecule has 0 amide bonds. The summed E-state index contributed by atoms with van der Waals surface area (Å²) in [6.07, 6.45) is 3.21. The molecule has 82 valence electrons. The second kappa shape index (κ2) is 4.44. The highest BCUT2D eigenvalue weighted by molar-refractivity contribution is 4.83. The molecule has 1 saturated heterocycles. The Morgan fingerprint density at radius 3 is 2.80 bits per heavy atom. The van der Waals surface area contributed by atoms with Crippen LogP contribution in [0.1, 0.15) is 12.8 Å². The van der Waals surface area contributed by atoms with Crippen LogP contribution in [0, 0.1) is 5.92 Å². The molecule has 0 atom stereocenters. The van der Waals surface area contributed by atoms with E-state index in [1.54, 1.807) is 0 Å². The van der Waals surface area contributed by atoms with E-state index in [0.29, 0.717) is 12.5 Å². The molecule has 5 nitrogen and oxygen atoms in total. The van der Waals surface area contributed by atoms with Crippen LogP contribution in [0.25, 0.3) is 0 Å². The van der Waals surface area contributed by atoms with Crippen molar-refractivity contribution < 1.29 is 4.74 Å². The highest BCUT2D eigenvalue weighted by Gasteiger charge is 2.15. The normalized spacial score (nSPS) is 17.9. The van der Waals surface area contributed by atoms with Gasteiger partial charge in [-0.1, -0.05) is 0 Å². The summed E-state index contributed by atoms with van der Waals surface area (Å²) in [6.45, 7) is 1.95. The first-order valence-electron chi connectivity index (χ1n) is 5.13. The maximum Gasteiger partial charge on any atom is 0.328 e. The Labute approximate surface area is 86.7 Å². The first kappa shape index (κ1) is 10.2. The number of H-pyrrole nitrogens is 1. The van der Waals surface area contributed by atoms with Crippen molar-refractivity contribution in [3.05, 3.63) is 33.1 Å². The van der Waals surface area contributed by atoms with E-state index in [9.17, 15) is 9.59 Å². The number of aromatic nitrogens is 2. The van der Waals surface area contributed by atoms with Gasteiger partial charge in [-0.05, 0) is 18.8 Å². The average molecular weight is 210 g/mol. The smallest absolute Gasteiger partial charge is 0.328 e. The molecule has 0 aromatic carbocycles. The van der Waals surface area contributed by atoms with Gasteiger partial charge in [0.2, 0.25) is 0 Å². The highest BCUT2D eigenvalue weighted by Crippen LogP contribution is 2.15. The predicted octanol–water partition coefficient (Wildman–Crippen LogP) is -0.0368. The Balaban J connectivity index is 2.16. The maximum absolute atomic E-state index is 11.4. The fraction of sp³-hybridized carbons (Fsp3) is 0.600. The van der Waals surface area contributed by atoms with Crippen molar-refractivity contribution in [2.24, 2.45) is 5.92 Å². The minimum absolute atomic E-state index is 0.231. The molecule has 5 heteroatoms. The van der Waals surface area contributed by atoms with Gasteiger partial charge in [-0.3, -0.25) is 9.36 Å². The van der Waals surface area contributed by atoms with E-state index >= 15 is 0 Å². The van der Waals surface area contributed by atoms with Crippen LogP contribution in [0.3, 0.4) is 0 Å². The zero-order valence-corrected chi connectivity index (χ0v) is 8.44. The lowest BCUT2D eigenvalue weighted by Gasteiger charge is -2.21. The Bertz CT molecular complexity index is 401. The van der Waals surface area contributed by atoms with Crippen LogP contribution in [0.2, 0.25) is 0 Å². The third-order valence-electron chi connectivity index (χ3n) is 2.73. The summed E-state index contributed by atoms with van der Waals surface area (Å²) < 4.78 is 6.48. The van der Waals surface area contributed by atoms with Crippen LogP contribution in [0.4, 0.5) is 0 Å². The summed E-state index contributed by atoms with van der Waals surface area (Å²) >= 11 is 0. The minimum Gasteiger partial charge on any atom is -0.381 e. The SMILES string of the molecule is O=c1cc[nH]c(=O)n1CC1CCOCC1. The zero-order chi connectivity index (χ0) is 10.7. The van der Waals surface area contributed by atoms with E-state index in [1.165, 1.54) is 16.8 Å². The van der Waals surface area contributed by atoms with Gasteiger partial charge in [0.1, 0.15) is 0 Å². The first-order chi connectivity index (χ1) is 7.27. The highest BCUT2D eigenvalue weighted by atomic mass is 16.5. The van der Waals surface area contributed by atoms with Crippen LogP contribution in [-0.4, -0.2) is 22.8 Å². The monoisotopic (exact) mass is 210 g/mol. The summed E-state index contributed by atoms with van der Waals surface area (Å²) in [5.74, 6) is 0.375.